The van der Waals surface area contributed by atoms with Crippen molar-refractivity contribution in [2.45, 2.75) is 37.8 Å². The van der Waals surface area contributed by atoms with Crippen molar-refractivity contribution in [2.75, 3.05) is 13.1 Å². The van der Waals surface area contributed by atoms with Crippen LogP contribution in [0.3, 0.4) is 0 Å². The predicted octanol–water partition coefficient (Wildman–Crippen LogP) is 3.24. The molecule has 4 heteroatoms. The van der Waals surface area contributed by atoms with Gasteiger partial charge < -0.3 is 4.90 Å². The summed E-state index contributed by atoms with van der Waals surface area (Å²) in [6.07, 6.45) is 0. The lowest BCUT2D eigenvalue weighted by atomic mass is 10.2. The zero-order valence-electron chi connectivity index (χ0n) is 12.0. The van der Waals surface area contributed by atoms with Crippen LogP contribution in [0.15, 0.2) is 29.2 Å². The lowest BCUT2D eigenvalue weighted by Gasteiger charge is -2.22. The van der Waals surface area contributed by atoms with E-state index in [1.807, 2.05) is 43.9 Å². The molecule has 0 saturated heterocycles. The van der Waals surface area contributed by atoms with Crippen molar-refractivity contribution in [1.29, 1.82) is 0 Å². The Hall–Kier alpha value is -1.29. The topological polar surface area (TPSA) is 37.4 Å². The summed E-state index contributed by atoms with van der Waals surface area (Å²) in [6, 6.07) is 7.43. The lowest BCUT2D eigenvalue weighted by Crippen LogP contribution is -2.36. The van der Waals surface area contributed by atoms with Gasteiger partial charge in [-0.05, 0) is 39.8 Å². The standard InChI is InChI=1S/C15H21NO2S/c1-5-16(6-2)15(18)12(4)19-14-9-7-8-13(10-14)11(3)17/h7-10,12H,5-6H2,1-4H3. The molecule has 0 saturated carbocycles. The van der Waals surface area contributed by atoms with Crippen LogP contribution in [0.1, 0.15) is 38.1 Å². The number of benzene rings is 1. The van der Waals surface area contributed by atoms with Gasteiger partial charge in [-0.15, -0.1) is 11.8 Å². The lowest BCUT2D eigenvalue weighted by molar-refractivity contribution is -0.129. The molecular weight excluding hydrogens is 258 g/mol. The number of ketones is 1. The number of carbonyl (C=O) groups is 2. The Balaban J connectivity index is 2.76. The molecular formula is C15H21NO2S. The molecule has 1 amide bonds. The van der Waals surface area contributed by atoms with E-state index < -0.39 is 0 Å². The fourth-order valence-electron chi connectivity index (χ4n) is 1.84. The number of Topliss-reactive ketones (excluding diaryl/α,β-unsaturated/α-hetero) is 1. The summed E-state index contributed by atoms with van der Waals surface area (Å²) in [5, 5.41) is -0.137. The van der Waals surface area contributed by atoms with Crippen LogP contribution in [0.4, 0.5) is 0 Å². The Morgan fingerprint density at radius 1 is 1.26 bits per heavy atom. The van der Waals surface area contributed by atoms with Crippen molar-refractivity contribution in [1.82, 2.24) is 4.90 Å². The smallest absolute Gasteiger partial charge is 0.235 e. The monoisotopic (exact) mass is 279 g/mol. The number of carbonyl (C=O) groups excluding carboxylic acids is 2. The number of thioether (sulfide) groups is 1. The van der Waals surface area contributed by atoms with Crippen LogP contribution < -0.4 is 0 Å². The molecule has 0 aliphatic heterocycles. The molecule has 0 fully saturated rings. The minimum absolute atomic E-state index is 0.0465. The second-order valence-corrected chi connectivity index (χ2v) is 5.77. The van der Waals surface area contributed by atoms with E-state index in [1.54, 1.807) is 13.0 Å². The van der Waals surface area contributed by atoms with Gasteiger partial charge >= 0.3 is 0 Å². The number of hydrogen-bond donors (Lipinski definition) is 0. The van der Waals surface area contributed by atoms with Crippen LogP contribution in [0.2, 0.25) is 0 Å². The molecule has 1 atom stereocenters. The minimum Gasteiger partial charge on any atom is -0.342 e. The molecule has 0 bridgehead atoms. The van der Waals surface area contributed by atoms with Crippen molar-refractivity contribution < 1.29 is 9.59 Å². The predicted molar refractivity (Wildman–Crippen MR) is 79.7 cm³/mol. The van der Waals surface area contributed by atoms with Gasteiger partial charge in [-0.3, -0.25) is 9.59 Å². The second kappa shape index (κ2) is 7.34. The molecule has 0 aliphatic rings. The highest BCUT2D eigenvalue weighted by Crippen LogP contribution is 2.25. The summed E-state index contributed by atoms with van der Waals surface area (Å²) in [5.41, 5.74) is 0.687. The Morgan fingerprint density at radius 2 is 1.89 bits per heavy atom. The van der Waals surface area contributed by atoms with E-state index in [2.05, 4.69) is 0 Å². The molecule has 1 aromatic rings. The van der Waals surface area contributed by atoms with Crippen LogP contribution in [-0.2, 0) is 4.79 Å². The van der Waals surface area contributed by atoms with Gasteiger partial charge in [0.25, 0.3) is 0 Å². The van der Waals surface area contributed by atoms with Gasteiger partial charge in [0.15, 0.2) is 5.78 Å². The maximum atomic E-state index is 12.2. The number of nitrogens with zero attached hydrogens (tertiary/aromatic N) is 1. The molecule has 104 valence electrons. The maximum absolute atomic E-state index is 12.2. The summed E-state index contributed by atoms with van der Waals surface area (Å²) in [6.45, 7) is 8.88. The van der Waals surface area contributed by atoms with Gasteiger partial charge in [0.05, 0.1) is 5.25 Å². The first kappa shape index (κ1) is 15.8. The van der Waals surface area contributed by atoms with E-state index in [1.165, 1.54) is 11.8 Å². The maximum Gasteiger partial charge on any atom is 0.235 e. The van der Waals surface area contributed by atoms with Crippen LogP contribution in [0.5, 0.6) is 0 Å². The summed E-state index contributed by atoms with van der Waals surface area (Å²) >= 11 is 1.50. The molecule has 19 heavy (non-hydrogen) atoms. The van der Waals surface area contributed by atoms with Crippen LogP contribution in [-0.4, -0.2) is 34.9 Å². The molecule has 0 aromatic heterocycles. The van der Waals surface area contributed by atoms with E-state index in [-0.39, 0.29) is 16.9 Å². The second-order valence-electron chi connectivity index (χ2n) is 4.35. The Bertz CT molecular complexity index is 455. The number of hydrogen-bond acceptors (Lipinski definition) is 3. The normalized spacial score (nSPS) is 12.0. The third kappa shape index (κ3) is 4.39. The van der Waals surface area contributed by atoms with Gasteiger partial charge in [0.1, 0.15) is 0 Å². The number of rotatable bonds is 6. The average molecular weight is 279 g/mol. The molecule has 0 radical (unpaired) electrons. The van der Waals surface area contributed by atoms with E-state index in [4.69, 9.17) is 0 Å². The van der Waals surface area contributed by atoms with Gasteiger partial charge in [-0.25, -0.2) is 0 Å². The number of amides is 1. The first-order valence-corrected chi connectivity index (χ1v) is 7.44. The third-order valence-corrected chi connectivity index (χ3v) is 4.06. The molecule has 0 heterocycles. The molecule has 0 N–H and O–H groups in total. The quantitative estimate of drug-likeness (QED) is 0.592. The molecule has 1 aromatic carbocycles. The van der Waals surface area contributed by atoms with Crippen LogP contribution in [0, 0.1) is 0 Å². The molecule has 0 spiro atoms. The van der Waals surface area contributed by atoms with Gasteiger partial charge in [-0.2, -0.15) is 0 Å². The molecule has 0 aliphatic carbocycles. The zero-order valence-corrected chi connectivity index (χ0v) is 12.8. The highest BCUT2D eigenvalue weighted by Gasteiger charge is 2.19. The van der Waals surface area contributed by atoms with Gasteiger partial charge in [0, 0.05) is 23.5 Å². The molecule has 1 rings (SSSR count). The minimum atomic E-state index is -0.137. The van der Waals surface area contributed by atoms with E-state index in [9.17, 15) is 9.59 Å². The first-order chi connectivity index (χ1) is 8.99. The molecule has 1 unspecified atom stereocenters. The summed E-state index contributed by atoms with van der Waals surface area (Å²) in [5.74, 6) is 0.188. The summed E-state index contributed by atoms with van der Waals surface area (Å²) in [7, 11) is 0. The van der Waals surface area contributed by atoms with E-state index in [0.29, 0.717) is 5.56 Å². The zero-order chi connectivity index (χ0) is 14.4. The SMILES string of the molecule is CCN(CC)C(=O)C(C)Sc1cccc(C(C)=O)c1. The van der Waals surface area contributed by atoms with E-state index in [0.717, 1.165) is 18.0 Å². The third-order valence-electron chi connectivity index (χ3n) is 2.98. The highest BCUT2D eigenvalue weighted by atomic mass is 32.2. The van der Waals surface area contributed by atoms with Gasteiger partial charge in [-0.1, -0.05) is 12.1 Å². The van der Waals surface area contributed by atoms with Gasteiger partial charge in [0.2, 0.25) is 5.91 Å². The fourth-order valence-corrected chi connectivity index (χ4v) is 2.85. The van der Waals surface area contributed by atoms with Crippen molar-refractivity contribution in [3.8, 4) is 0 Å². The highest BCUT2D eigenvalue weighted by molar-refractivity contribution is 8.00. The Labute approximate surface area is 119 Å². The van der Waals surface area contributed by atoms with Crippen LogP contribution in [0.25, 0.3) is 0 Å². The summed E-state index contributed by atoms with van der Waals surface area (Å²) in [4.78, 5) is 26.3. The average Bonchev–Trinajstić information content (AvgIpc) is 2.40. The van der Waals surface area contributed by atoms with Crippen molar-refractivity contribution in [2.24, 2.45) is 0 Å². The Morgan fingerprint density at radius 3 is 2.42 bits per heavy atom. The fraction of sp³-hybridized carbons (Fsp3) is 0.467. The van der Waals surface area contributed by atoms with E-state index >= 15 is 0 Å². The summed E-state index contributed by atoms with van der Waals surface area (Å²) < 4.78 is 0. The Kier molecular flexibility index (Phi) is 6.09. The van der Waals surface area contributed by atoms with Crippen molar-refractivity contribution in [3.63, 3.8) is 0 Å². The first-order valence-electron chi connectivity index (χ1n) is 6.56. The molecule has 3 nitrogen and oxygen atoms in total. The van der Waals surface area contributed by atoms with Crippen LogP contribution >= 0.6 is 11.8 Å². The van der Waals surface area contributed by atoms with Crippen molar-refractivity contribution in [3.05, 3.63) is 29.8 Å². The van der Waals surface area contributed by atoms with Crippen molar-refractivity contribution >= 4 is 23.5 Å². The largest absolute Gasteiger partial charge is 0.342 e.